The van der Waals surface area contributed by atoms with Gasteiger partial charge in [0.1, 0.15) is 5.75 Å². The molecule has 0 bridgehead atoms. The normalized spacial score (nSPS) is 16.2. The molecule has 0 radical (unpaired) electrons. The van der Waals surface area contributed by atoms with E-state index in [-0.39, 0.29) is 5.78 Å². The van der Waals surface area contributed by atoms with Gasteiger partial charge in [-0.25, -0.2) is 0 Å². The maximum Gasteiger partial charge on any atom is 0.189 e. The summed E-state index contributed by atoms with van der Waals surface area (Å²) in [4.78, 5) is 12.7. The molecule has 0 fully saturated rings. The monoisotopic (exact) mass is 292 g/mol. The highest BCUT2D eigenvalue weighted by molar-refractivity contribution is 6.12. The molecule has 2 aromatic carbocycles. The molecule has 112 valence electrons. The lowest BCUT2D eigenvalue weighted by Gasteiger charge is -2.06. The molecule has 0 aliphatic heterocycles. The van der Waals surface area contributed by atoms with Crippen LogP contribution in [0.3, 0.4) is 0 Å². The molecule has 0 atom stereocenters. The van der Waals surface area contributed by atoms with Gasteiger partial charge in [-0.05, 0) is 55.5 Å². The van der Waals surface area contributed by atoms with E-state index in [2.05, 4.69) is 6.07 Å². The van der Waals surface area contributed by atoms with Crippen LogP contribution in [0.1, 0.15) is 41.3 Å². The van der Waals surface area contributed by atoms with Gasteiger partial charge in [0.05, 0.1) is 6.61 Å². The summed E-state index contributed by atoms with van der Waals surface area (Å²) in [6, 6.07) is 15.9. The van der Waals surface area contributed by atoms with E-state index in [0.29, 0.717) is 6.61 Å². The highest BCUT2D eigenvalue weighted by Gasteiger charge is 2.19. The van der Waals surface area contributed by atoms with E-state index in [1.54, 1.807) is 0 Å². The molecule has 2 heteroatoms. The fourth-order valence-corrected chi connectivity index (χ4v) is 2.88. The second-order valence-corrected chi connectivity index (χ2v) is 5.51. The van der Waals surface area contributed by atoms with Gasteiger partial charge in [0, 0.05) is 11.1 Å². The van der Waals surface area contributed by atoms with Crippen LogP contribution in [0.25, 0.3) is 6.08 Å². The lowest BCUT2D eigenvalue weighted by atomic mass is 9.98. The summed E-state index contributed by atoms with van der Waals surface area (Å²) in [5, 5.41) is 0. The van der Waals surface area contributed by atoms with Crippen molar-refractivity contribution in [3.8, 4) is 5.75 Å². The molecule has 0 spiro atoms. The summed E-state index contributed by atoms with van der Waals surface area (Å²) in [7, 11) is 0. The number of aryl methyl sites for hydroxylation is 1. The van der Waals surface area contributed by atoms with E-state index in [0.717, 1.165) is 41.7 Å². The van der Waals surface area contributed by atoms with Gasteiger partial charge in [-0.1, -0.05) is 36.4 Å². The predicted octanol–water partition coefficient (Wildman–Crippen LogP) is 4.69. The van der Waals surface area contributed by atoms with E-state index in [1.165, 1.54) is 5.56 Å². The summed E-state index contributed by atoms with van der Waals surface area (Å²) in [5.74, 6) is 1.03. The number of ether oxygens (including phenoxy) is 1. The molecule has 0 amide bonds. The predicted molar refractivity (Wildman–Crippen MR) is 89.3 cm³/mol. The Kier molecular flexibility index (Phi) is 4.38. The number of carbonyl (C=O) groups is 1. The van der Waals surface area contributed by atoms with Gasteiger partial charge >= 0.3 is 0 Å². The van der Waals surface area contributed by atoms with Crippen molar-refractivity contribution < 1.29 is 9.53 Å². The molecule has 0 aromatic heterocycles. The molecule has 2 nitrogen and oxygen atoms in total. The first-order chi connectivity index (χ1) is 10.8. The van der Waals surface area contributed by atoms with Crippen molar-refractivity contribution in [1.29, 1.82) is 0 Å². The van der Waals surface area contributed by atoms with Gasteiger partial charge in [0.15, 0.2) is 5.78 Å². The van der Waals surface area contributed by atoms with Crippen molar-refractivity contribution in [3.05, 3.63) is 70.8 Å². The Bertz CT molecular complexity index is 696. The second kappa shape index (κ2) is 6.61. The zero-order valence-electron chi connectivity index (χ0n) is 12.8. The minimum absolute atomic E-state index is 0.169. The van der Waals surface area contributed by atoms with Crippen LogP contribution in [0.15, 0.2) is 54.1 Å². The fraction of sp³-hybridized carbons (Fsp3) is 0.250. The molecular formula is C20H20O2. The molecule has 0 unspecified atom stereocenters. The van der Waals surface area contributed by atoms with Crippen molar-refractivity contribution >= 4 is 11.9 Å². The summed E-state index contributed by atoms with van der Waals surface area (Å²) < 4.78 is 5.45. The maximum absolute atomic E-state index is 12.7. The third-order valence-corrected chi connectivity index (χ3v) is 3.98. The molecule has 0 saturated heterocycles. The Labute approximate surface area is 131 Å². The van der Waals surface area contributed by atoms with Crippen LogP contribution in [0, 0.1) is 0 Å². The quantitative estimate of drug-likeness (QED) is 0.606. The number of Topliss-reactive ketones (excluding diaryl/α,β-unsaturated/α-hetero) is 1. The average molecular weight is 292 g/mol. The Hall–Kier alpha value is -2.35. The SMILES string of the molecule is CCOc1ccc(/C=C2\CCCc3ccccc3C2=O)cc1. The summed E-state index contributed by atoms with van der Waals surface area (Å²) in [6.07, 6.45) is 4.84. The topological polar surface area (TPSA) is 26.3 Å². The van der Waals surface area contributed by atoms with E-state index in [4.69, 9.17) is 4.74 Å². The van der Waals surface area contributed by atoms with Crippen LogP contribution in [0.4, 0.5) is 0 Å². The Morgan fingerprint density at radius 2 is 1.82 bits per heavy atom. The highest BCUT2D eigenvalue weighted by Crippen LogP contribution is 2.26. The number of hydrogen-bond acceptors (Lipinski definition) is 2. The largest absolute Gasteiger partial charge is 0.494 e. The van der Waals surface area contributed by atoms with Crippen LogP contribution in [-0.4, -0.2) is 12.4 Å². The van der Waals surface area contributed by atoms with Crippen LogP contribution in [0.5, 0.6) is 5.75 Å². The molecule has 1 aliphatic carbocycles. The zero-order valence-corrected chi connectivity index (χ0v) is 12.8. The molecule has 0 N–H and O–H groups in total. The Morgan fingerprint density at radius 1 is 1.05 bits per heavy atom. The number of hydrogen-bond donors (Lipinski definition) is 0. The molecule has 3 rings (SSSR count). The van der Waals surface area contributed by atoms with Gasteiger partial charge in [-0.2, -0.15) is 0 Å². The molecule has 1 aliphatic rings. The minimum atomic E-state index is 0.169. The number of carbonyl (C=O) groups excluding carboxylic acids is 1. The number of fused-ring (bicyclic) bond motifs is 1. The van der Waals surface area contributed by atoms with Gasteiger partial charge < -0.3 is 4.74 Å². The van der Waals surface area contributed by atoms with Gasteiger partial charge in [-0.3, -0.25) is 4.79 Å². The van der Waals surface area contributed by atoms with Crippen LogP contribution in [0.2, 0.25) is 0 Å². The van der Waals surface area contributed by atoms with Crippen molar-refractivity contribution in [3.63, 3.8) is 0 Å². The van der Waals surface area contributed by atoms with Crippen LogP contribution < -0.4 is 4.74 Å². The third kappa shape index (κ3) is 3.11. The number of benzene rings is 2. The maximum atomic E-state index is 12.7. The summed E-state index contributed by atoms with van der Waals surface area (Å²) in [5.41, 5.74) is 3.97. The van der Waals surface area contributed by atoms with Gasteiger partial charge in [0.25, 0.3) is 0 Å². The van der Waals surface area contributed by atoms with E-state index in [9.17, 15) is 4.79 Å². The van der Waals surface area contributed by atoms with Crippen LogP contribution in [-0.2, 0) is 6.42 Å². The van der Waals surface area contributed by atoms with Crippen LogP contribution >= 0.6 is 0 Å². The van der Waals surface area contributed by atoms with Crippen molar-refractivity contribution in [1.82, 2.24) is 0 Å². The average Bonchev–Trinajstić information content (AvgIpc) is 2.70. The number of rotatable bonds is 3. The first-order valence-corrected chi connectivity index (χ1v) is 7.84. The number of allylic oxidation sites excluding steroid dienone is 1. The third-order valence-electron chi connectivity index (χ3n) is 3.98. The standard InChI is InChI=1S/C20H20O2/c1-2-22-18-12-10-15(11-13-18)14-17-8-5-7-16-6-3-4-9-19(16)20(17)21/h3-4,6,9-14H,2,5,7-8H2,1H3/b17-14+. The first-order valence-electron chi connectivity index (χ1n) is 7.84. The van der Waals surface area contributed by atoms with E-state index in [1.807, 2.05) is 55.5 Å². The van der Waals surface area contributed by atoms with Crippen molar-refractivity contribution in [2.24, 2.45) is 0 Å². The van der Waals surface area contributed by atoms with Gasteiger partial charge in [-0.15, -0.1) is 0 Å². The zero-order chi connectivity index (χ0) is 15.4. The number of ketones is 1. The summed E-state index contributed by atoms with van der Waals surface area (Å²) >= 11 is 0. The second-order valence-electron chi connectivity index (χ2n) is 5.51. The lowest BCUT2D eigenvalue weighted by molar-refractivity contribution is 0.103. The lowest BCUT2D eigenvalue weighted by Crippen LogP contribution is -2.03. The Morgan fingerprint density at radius 3 is 2.59 bits per heavy atom. The minimum Gasteiger partial charge on any atom is -0.494 e. The van der Waals surface area contributed by atoms with Crippen molar-refractivity contribution in [2.75, 3.05) is 6.61 Å². The molecule has 0 heterocycles. The van der Waals surface area contributed by atoms with Gasteiger partial charge in [0.2, 0.25) is 0 Å². The molecular weight excluding hydrogens is 272 g/mol. The first kappa shape index (κ1) is 14.6. The Balaban J connectivity index is 1.89. The van der Waals surface area contributed by atoms with E-state index < -0.39 is 0 Å². The molecule has 0 saturated carbocycles. The fourth-order valence-electron chi connectivity index (χ4n) is 2.88. The van der Waals surface area contributed by atoms with Crippen molar-refractivity contribution in [2.45, 2.75) is 26.2 Å². The van der Waals surface area contributed by atoms with E-state index >= 15 is 0 Å². The molecule has 2 aromatic rings. The smallest absolute Gasteiger partial charge is 0.189 e. The summed E-state index contributed by atoms with van der Waals surface area (Å²) in [6.45, 7) is 2.63. The molecule has 22 heavy (non-hydrogen) atoms. The highest BCUT2D eigenvalue weighted by atomic mass is 16.5.